The number of alkyl halides is 3. The number of rotatable bonds is 7. The molecule has 31 heavy (non-hydrogen) atoms. The summed E-state index contributed by atoms with van der Waals surface area (Å²) in [6.07, 6.45) is -5.79. The van der Waals surface area contributed by atoms with E-state index in [1.54, 1.807) is 37.3 Å². The van der Waals surface area contributed by atoms with Crippen molar-refractivity contribution in [1.29, 1.82) is 0 Å². The maximum Gasteiger partial charge on any atom is 0.490 e. The summed E-state index contributed by atoms with van der Waals surface area (Å²) in [4.78, 5) is 11.2. The molecule has 170 valence electrons. The van der Waals surface area contributed by atoms with Crippen LogP contribution in [0.3, 0.4) is 0 Å². The minimum atomic E-state index is -5.09. The number of nitrogens with one attached hydrogen (secondary N) is 1. The van der Waals surface area contributed by atoms with Crippen LogP contribution < -0.4 is 9.62 Å². The molecule has 0 amide bonds. The molecule has 1 heterocycles. The first-order chi connectivity index (χ1) is 14.6. The Balaban J connectivity index is 1.83. The fraction of sp³-hybridized carbons (Fsp3) is 0.381. The van der Waals surface area contributed by atoms with Crippen molar-refractivity contribution < 1.29 is 31.8 Å². The molecule has 0 saturated heterocycles. The van der Waals surface area contributed by atoms with E-state index in [-0.39, 0.29) is 19.4 Å². The Morgan fingerprint density at radius 3 is 2.48 bits per heavy atom. The highest BCUT2D eigenvalue weighted by Gasteiger charge is 2.43. The van der Waals surface area contributed by atoms with E-state index in [2.05, 4.69) is 10.1 Å². The molecule has 0 spiro atoms. The summed E-state index contributed by atoms with van der Waals surface area (Å²) in [5.74, 6) is -2.27. The first kappa shape index (κ1) is 23.4. The van der Waals surface area contributed by atoms with Gasteiger partial charge in [-0.25, -0.2) is 9.10 Å². The van der Waals surface area contributed by atoms with Gasteiger partial charge in [-0.05, 0) is 43.1 Å². The van der Waals surface area contributed by atoms with Gasteiger partial charge in [0.15, 0.2) is 6.23 Å². The molecule has 2 aromatic carbocycles. The number of carbonyl (C=O) groups is 1. The molecule has 0 radical (unpaired) electrons. The maximum absolute atomic E-state index is 12.6. The van der Waals surface area contributed by atoms with E-state index in [4.69, 9.17) is 0 Å². The van der Waals surface area contributed by atoms with Crippen LogP contribution in [0.5, 0.6) is 0 Å². The average molecular weight is 459 g/mol. The van der Waals surface area contributed by atoms with Crippen LogP contribution in [0.4, 0.5) is 24.5 Å². The number of para-hydroxylation sites is 2. The minimum absolute atomic E-state index is 0.000985. The number of hydrogen-bond donors (Lipinski definition) is 3. The first-order valence-corrected chi connectivity index (χ1v) is 11.4. The maximum atomic E-state index is 12.6. The molecular weight excluding hydrogens is 433 g/mol. The lowest BCUT2D eigenvalue weighted by molar-refractivity contribution is -0.206. The summed E-state index contributed by atoms with van der Waals surface area (Å²) in [7, 11) is -3.36. The lowest BCUT2D eigenvalue weighted by atomic mass is 10.0. The molecule has 2 atom stereocenters. The lowest BCUT2D eigenvalue weighted by Crippen LogP contribution is -2.41. The van der Waals surface area contributed by atoms with Gasteiger partial charge in [0.25, 0.3) is 0 Å². The van der Waals surface area contributed by atoms with Crippen LogP contribution in [0.2, 0.25) is 0 Å². The van der Waals surface area contributed by atoms with Crippen molar-refractivity contribution >= 4 is 28.1 Å². The Bertz CT molecular complexity index is 896. The summed E-state index contributed by atoms with van der Waals surface area (Å²) in [6, 6.07) is 16.3. The topological polar surface area (TPSA) is 82.0 Å². The van der Waals surface area contributed by atoms with Gasteiger partial charge in [-0.3, -0.25) is 14.4 Å². The zero-order valence-corrected chi connectivity index (χ0v) is 17.7. The second-order valence-electron chi connectivity index (χ2n) is 7.17. The Morgan fingerprint density at radius 1 is 1.19 bits per heavy atom. The second kappa shape index (κ2) is 9.47. The highest BCUT2D eigenvalue weighted by Crippen LogP contribution is 2.60. The number of esters is 1. The normalized spacial score (nSPS) is 19.9. The monoisotopic (exact) mass is 458 g/mol. The molecule has 3 N–H and O–H groups in total. The van der Waals surface area contributed by atoms with Gasteiger partial charge in [-0.1, -0.05) is 43.3 Å². The molecular formula is C21H25F3N2O4S. The van der Waals surface area contributed by atoms with E-state index in [9.17, 15) is 27.1 Å². The summed E-state index contributed by atoms with van der Waals surface area (Å²) in [5, 5.41) is 2.04. The van der Waals surface area contributed by atoms with Gasteiger partial charge in [0.1, 0.15) is 0 Å². The van der Waals surface area contributed by atoms with Crippen molar-refractivity contribution in [2.45, 2.75) is 43.8 Å². The Kier molecular flexibility index (Phi) is 7.15. The third-order valence-electron chi connectivity index (χ3n) is 5.03. The minimum Gasteiger partial charge on any atom is -0.440 e. The van der Waals surface area contributed by atoms with E-state index < -0.39 is 34.4 Å². The molecule has 0 saturated carbocycles. The zero-order chi connectivity index (χ0) is 22.6. The fourth-order valence-electron chi connectivity index (χ4n) is 3.61. The summed E-state index contributed by atoms with van der Waals surface area (Å²) in [5.41, 5.74) is 2.18. The third kappa shape index (κ3) is 5.32. The number of fused-ring (bicyclic) bond motifs is 1. The molecule has 6 nitrogen and oxygen atoms in total. The van der Waals surface area contributed by atoms with Crippen LogP contribution in [0.25, 0.3) is 0 Å². The predicted octanol–water partition coefficient (Wildman–Crippen LogP) is 5.24. The number of benzene rings is 2. The van der Waals surface area contributed by atoms with Crippen LogP contribution in [-0.2, 0) is 16.0 Å². The first-order valence-electron chi connectivity index (χ1n) is 9.86. The number of nitrogens with zero attached hydrogens (tertiary/aromatic N) is 1. The van der Waals surface area contributed by atoms with E-state index in [0.29, 0.717) is 17.8 Å². The van der Waals surface area contributed by atoms with Crippen molar-refractivity contribution in [3.8, 4) is 0 Å². The van der Waals surface area contributed by atoms with Gasteiger partial charge < -0.3 is 4.74 Å². The molecule has 0 aliphatic carbocycles. The molecule has 2 aromatic rings. The molecule has 3 rings (SSSR count). The van der Waals surface area contributed by atoms with E-state index >= 15 is 0 Å². The van der Waals surface area contributed by atoms with Crippen LogP contribution in [0.15, 0.2) is 54.6 Å². The molecule has 2 unspecified atom stereocenters. The number of ether oxygens (including phenoxy) is 1. The van der Waals surface area contributed by atoms with E-state index in [1.165, 1.54) is 4.31 Å². The predicted molar refractivity (Wildman–Crippen MR) is 114 cm³/mol. The molecule has 1 aliphatic rings. The lowest BCUT2D eigenvalue weighted by Gasteiger charge is -2.53. The molecule has 0 fully saturated rings. The van der Waals surface area contributed by atoms with Gasteiger partial charge in [0.2, 0.25) is 0 Å². The SMILES string of the molecule is CCNC(CCC1Cc2ccccc2N(c2ccccc2)S1(O)O)OC(=O)C(F)(F)F. The number of anilines is 2. The van der Waals surface area contributed by atoms with Crippen LogP contribution in [-0.4, -0.2) is 39.3 Å². The largest absolute Gasteiger partial charge is 0.490 e. The molecule has 0 aromatic heterocycles. The Hall–Kier alpha value is -2.27. The standard InChI is InChI=1S/C21H25F3N2O4S/c1-2-25-19(30-20(27)21(22,23)24)13-12-17-14-15-8-6-7-11-18(15)26(31(17,28)29)16-9-4-3-5-10-16/h3-11,17,19,25,28-29H,2,12-14H2,1H3. The summed E-state index contributed by atoms with van der Waals surface area (Å²) >= 11 is 0. The van der Waals surface area contributed by atoms with Crippen molar-refractivity contribution in [3.05, 3.63) is 60.2 Å². The Labute approximate surface area is 180 Å². The number of hydrogen-bond acceptors (Lipinski definition) is 6. The fourth-order valence-corrected chi connectivity index (χ4v) is 5.67. The third-order valence-corrected chi connectivity index (χ3v) is 7.27. The van der Waals surface area contributed by atoms with Crippen molar-refractivity contribution in [1.82, 2.24) is 5.32 Å². The number of carbonyl (C=O) groups excluding carboxylic acids is 1. The van der Waals surface area contributed by atoms with Gasteiger partial charge in [-0.15, -0.1) is 10.8 Å². The van der Waals surface area contributed by atoms with Gasteiger partial charge in [-0.2, -0.15) is 13.2 Å². The van der Waals surface area contributed by atoms with Gasteiger partial charge in [0, 0.05) is 6.42 Å². The van der Waals surface area contributed by atoms with Gasteiger partial charge in [0.05, 0.1) is 16.6 Å². The van der Waals surface area contributed by atoms with Crippen LogP contribution >= 0.6 is 10.8 Å². The Morgan fingerprint density at radius 2 is 1.84 bits per heavy atom. The summed E-state index contributed by atoms with van der Waals surface area (Å²) < 4.78 is 66.2. The average Bonchev–Trinajstić information content (AvgIpc) is 2.71. The van der Waals surface area contributed by atoms with Crippen molar-refractivity contribution in [2.75, 3.05) is 10.8 Å². The van der Waals surface area contributed by atoms with Crippen LogP contribution in [0.1, 0.15) is 25.3 Å². The van der Waals surface area contributed by atoms with E-state index in [0.717, 1.165) is 5.56 Å². The molecule has 10 heteroatoms. The highest BCUT2D eigenvalue weighted by molar-refractivity contribution is 8.26. The van der Waals surface area contributed by atoms with Crippen molar-refractivity contribution in [2.24, 2.45) is 0 Å². The van der Waals surface area contributed by atoms with Gasteiger partial charge >= 0.3 is 12.1 Å². The van der Waals surface area contributed by atoms with E-state index in [1.807, 2.05) is 24.3 Å². The number of halogens is 3. The zero-order valence-electron chi connectivity index (χ0n) is 16.9. The molecule has 0 bridgehead atoms. The molecule has 1 aliphatic heterocycles. The second-order valence-corrected chi connectivity index (χ2v) is 9.33. The quantitative estimate of drug-likeness (QED) is 0.389. The smallest absolute Gasteiger partial charge is 0.440 e. The highest BCUT2D eigenvalue weighted by atomic mass is 32.3. The van der Waals surface area contributed by atoms with Crippen molar-refractivity contribution in [3.63, 3.8) is 0 Å². The summed E-state index contributed by atoms with van der Waals surface area (Å²) in [6.45, 7) is 1.96. The van der Waals surface area contributed by atoms with Crippen LogP contribution in [0, 0.1) is 0 Å².